The molecule has 0 saturated heterocycles. The molecule has 0 aromatic heterocycles. The number of rotatable bonds is 4. The normalized spacial score (nSPS) is 13.8. The molecule has 4 N–H and O–H groups in total. The predicted molar refractivity (Wildman–Crippen MR) is 61.4 cm³/mol. The van der Waals surface area contributed by atoms with Crippen molar-refractivity contribution in [2.24, 2.45) is 11.5 Å². The molecular formula is C4H10N2O12P4SnTc. The fourth-order valence-corrected chi connectivity index (χ4v) is 2.70. The molecule has 0 heterocycles. The van der Waals surface area contributed by atoms with Gasteiger partial charge in [-0.25, -0.2) is 0 Å². The Morgan fingerprint density at radius 3 is 0.667 bits per heavy atom. The summed E-state index contributed by atoms with van der Waals surface area (Å²) in [6.07, 6.45) is 0. The molecule has 0 saturated carbocycles. The molecule has 0 aromatic rings. The average molecular weight is 619 g/mol. The molecule has 0 bridgehead atoms. The molecule has 0 amide bonds. The number of hydrogen-bond donors (Lipinski definition) is 2. The van der Waals surface area contributed by atoms with Crippen molar-refractivity contribution in [3.63, 3.8) is 0 Å². The van der Waals surface area contributed by atoms with E-state index in [1.165, 1.54) is 0 Å². The largest absolute Gasteiger partial charge is 4.00 e. The standard InChI is InChI=1S/2C2H9NO6P2.Sn.Tc/c2*1-2(3,10(4,5)6)11(7,8)9;;/h2*3H2,1H3,(H2,4,5,6)(H2,7,8,9);;/q;;2*+4/p-8. The van der Waals surface area contributed by atoms with Gasteiger partial charge in [-0.2, -0.15) is 0 Å². The van der Waals surface area contributed by atoms with Gasteiger partial charge in [0.1, 0.15) is 0 Å². The Labute approximate surface area is 166 Å². The van der Waals surface area contributed by atoms with E-state index in [1.807, 2.05) is 0 Å². The maximum atomic E-state index is 10.1. The summed E-state index contributed by atoms with van der Waals surface area (Å²) < 4.78 is 40.3. The van der Waals surface area contributed by atoms with Crippen LogP contribution in [0.15, 0.2) is 0 Å². The zero-order valence-electron chi connectivity index (χ0n) is 11.7. The quantitative estimate of drug-likeness (QED) is 0.218. The molecule has 0 atom stereocenters. The van der Waals surface area contributed by atoms with Crippen molar-refractivity contribution in [2.75, 3.05) is 0 Å². The first kappa shape index (κ1) is 33.5. The van der Waals surface area contributed by atoms with Crippen LogP contribution < -0.4 is 50.6 Å². The van der Waals surface area contributed by atoms with Gasteiger partial charge in [-0.05, 0) is 44.2 Å². The predicted octanol–water partition coefficient (Wildman–Crippen LogP) is -7.49. The van der Waals surface area contributed by atoms with E-state index in [-0.39, 0.29) is 44.0 Å². The molecule has 0 fully saturated rings. The van der Waals surface area contributed by atoms with Crippen LogP contribution in [0.2, 0.25) is 0 Å². The second kappa shape index (κ2) is 9.95. The van der Waals surface area contributed by atoms with Crippen LogP contribution in [0.3, 0.4) is 0 Å². The van der Waals surface area contributed by atoms with Gasteiger partial charge in [0.25, 0.3) is 0 Å². The smallest absolute Gasteiger partial charge is 0.809 e. The van der Waals surface area contributed by atoms with Crippen LogP contribution in [0, 0.1) is 0 Å². The van der Waals surface area contributed by atoms with Gasteiger partial charge in [-0.3, -0.25) is 0 Å². The molecule has 0 aromatic carbocycles. The van der Waals surface area contributed by atoms with Gasteiger partial charge in [0, 0.05) is 0 Å². The molecule has 24 heavy (non-hydrogen) atoms. The third-order valence-electron chi connectivity index (χ3n) is 2.22. The molecule has 0 aliphatic carbocycles. The van der Waals surface area contributed by atoms with Crippen LogP contribution in [0.1, 0.15) is 13.8 Å². The Morgan fingerprint density at radius 1 is 0.583 bits per heavy atom. The summed E-state index contributed by atoms with van der Waals surface area (Å²) >= 11 is 0. The summed E-state index contributed by atoms with van der Waals surface area (Å²) in [7, 11) is -22.4. The van der Waals surface area contributed by atoms with Crippen LogP contribution in [0.25, 0.3) is 0 Å². The van der Waals surface area contributed by atoms with E-state index < -0.39 is 40.4 Å². The van der Waals surface area contributed by atoms with E-state index in [9.17, 15) is 57.4 Å². The van der Waals surface area contributed by atoms with Gasteiger partial charge in [0.15, 0.2) is 0 Å². The van der Waals surface area contributed by atoms with Crippen molar-refractivity contribution in [3.8, 4) is 0 Å². The van der Waals surface area contributed by atoms with Crippen molar-refractivity contribution in [1.29, 1.82) is 0 Å². The van der Waals surface area contributed by atoms with E-state index in [1.54, 1.807) is 0 Å². The fourth-order valence-electron chi connectivity index (χ4n) is 0.300. The van der Waals surface area contributed by atoms with Crippen LogP contribution in [-0.4, -0.2) is 33.9 Å². The second-order valence-corrected chi connectivity index (χ2v) is 12.6. The van der Waals surface area contributed by atoms with E-state index in [4.69, 9.17) is 0 Å². The molecule has 0 aliphatic rings. The van der Waals surface area contributed by atoms with Gasteiger partial charge >= 0.3 is 44.0 Å². The number of nitrogens with two attached hydrogens (primary N) is 2. The molecule has 1 radical (unpaired) electrons. The zero-order chi connectivity index (χ0) is 19.0. The van der Waals surface area contributed by atoms with E-state index in [0.29, 0.717) is 13.8 Å². The van der Waals surface area contributed by atoms with Gasteiger partial charge in [0.2, 0.25) is 0 Å². The summed E-state index contributed by atoms with van der Waals surface area (Å²) in [6.45, 7) is 0.711. The third-order valence-corrected chi connectivity index (χ3v) is 9.59. The molecule has 20 heteroatoms. The van der Waals surface area contributed by atoms with Crippen molar-refractivity contribution < 1.29 is 77.5 Å². The van der Waals surface area contributed by atoms with Crippen molar-refractivity contribution >= 4 is 54.3 Å². The van der Waals surface area contributed by atoms with Crippen LogP contribution >= 0.6 is 30.4 Å². The van der Waals surface area contributed by atoms with Crippen molar-refractivity contribution in [1.82, 2.24) is 0 Å². The topological polar surface area (TPSA) is 305 Å². The maximum Gasteiger partial charge on any atom is 4.00 e. The Bertz CT molecular complexity index is 486. The van der Waals surface area contributed by atoms with Gasteiger partial charge in [-0.1, -0.05) is 0 Å². The Morgan fingerprint density at radius 2 is 0.667 bits per heavy atom. The monoisotopic (exact) mass is 619 g/mol. The first-order chi connectivity index (χ1) is 9.00. The summed E-state index contributed by atoms with van der Waals surface area (Å²) in [4.78, 5) is 80.6. The molecular weight excluding hydrogens is 609 g/mol. The SMILES string of the molecule is CC(N)(P(=O)([O-])[O-])P(=O)([O-])[O-].CC(N)(P(=O)([O-])[O-])P(=O)([O-])[O-].[Sn+4].[Tc+4]. The Kier molecular flexibility index (Phi) is 13.9. The minimum atomic E-state index is -5.60. The summed E-state index contributed by atoms with van der Waals surface area (Å²) in [5, 5.41) is -6.47. The summed E-state index contributed by atoms with van der Waals surface area (Å²) in [6, 6.07) is 0. The Hall–Kier alpha value is 1.97. The fraction of sp³-hybridized carbons (Fsp3) is 1.00. The van der Waals surface area contributed by atoms with Crippen molar-refractivity contribution in [2.45, 2.75) is 23.9 Å². The van der Waals surface area contributed by atoms with E-state index in [0.717, 1.165) is 0 Å². The molecule has 0 spiro atoms. The van der Waals surface area contributed by atoms with Gasteiger partial charge < -0.3 is 68.9 Å². The van der Waals surface area contributed by atoms with Crippen molar-refractivity contribution in [3.05, 3.63) is 0 Å². The Balaban J connectivity index is -0.000000154. The van der Waals surface area contributed by atoms with E-state index >= 15 is 0 Å². The minimum Gasteiger partial charge on any atom is -0.809 e. The molecule has 0 aliphatic heterocycles. The molecule has 14 nitrogen and oxygen atoms in total. The first-order valence-corrected chi connectivity index (χ1v) is 10.8. The molecule has 0 rings (SSSR count). The summed E-state index contributed by atoms with van der Waals surface area (Å²) in [5.74, 6) is 0. The van der Waals surface area contributed by atoms with Gasteiger partial charge in [0.05, 0.1) is 10.0 Å². The minimum absolute atomic E-state index is 0. The number of hydrogen-bond acceptors (Lipinski definition) is 14. The van der Waals surface area contributed by atoms with E-state index in [2.05, 4.69) is 11.5 Å². The van der Waals surface area contributed by atoms with Crippen LogP contribution in [-0.2, 0) is 38.4 Å². The first-order valence-electron chi connectivity index (χ1n) is 4.66. The van der Waals surface area contributed by atoms with Gasteiger partial charge in [-0.15, -0.1) is 0 Å². The summed E-state index contributed by atoms with van der Waals surface area (Å²) in [5.41, 5.74) is 8.99. The van der Waals surface area contributed by atoms with Crippen LogP contribution in [0.4, 0.5) is 0 Å². The average Bonchev–Trinajstić information content (AvgIpc) is 2.10. The second-order valence-electron chi connectivity index (χ2n) is 4.18. The maximum absolute atomic E-state index is 10.1. The van der Waals surface area contributed by atoms with Crippen LogP contribution in [0.5, 0.6) is 0 Å². The molecule has 139 valence electrons. The molecule has 0 unspecified atom stereocenters. The zero-order valence-corrected chi connectivity index (χ0v) is 20.0. The third kappa shape index (κ3) is 8.77.